The molecular formula is C13H28O3Si. The molecule has 2 atom stereocenters. The van der Waals surface area contributed by atoms with Gasteiger partial charge in [-0.2, -0.15) is 0 Å². The second kappa shape index (κ2) is 6.68. The van der Waals surface area contributed by atoms with E-state index in [1.54, 1.807) is 6.08 Å². The van der Waals surface area contributed by atoms with E-state index in [1.807, 2.05) is 0 Å². The number of hydrogen-bond donors (Lipinski definition) is 2. The van der Waals surface area contributed by atoms with Crippen molar-refractivity contribution < 1.29 is 14.6 Å². The standard InChI is InChI=1S/C13H28O3Si/c1-7-8-11(9-14)12(15)10-16-17(5,6)13(2,3)4/h7,11-12,14-15H,1,8-10H2,2-6H3/t11-,12-/m0/s1. The van der Waals surface area contributed by atoms with Crippen molar-refractivity contribution in [1.29, 1.82) is 0 Å². The molecule has 0 unspecified atom stereocenters. The normalized spacial score (nSPS) is 16.6. The van der Waals surface area contributed by atoms with E-state index in [-0.39, 0.29) is 17.6 Å². The second-order valence-corrected chi connectivity index (χ2v) is 10.9. The lowest BCUT2D eigenvalue weighted by molar-refractivity contribution is 0.0277. The highest BCUT2D eigenvalue weighted by atomic mass is 28.4. The van der Waals surface area contributed by atoms with E-state index >= 15 is 0 Å². The zero-order chi connectivity index (χ0) is 13.7. The molecule has 0 aromatic heterocycles. The Balaban J connectivity index is 4.31. The minimum Gasteiger partial charge on any atom is -0.414 e. The summed E-state index contributed by atoms with van der Waals surface area (Å²) in [6, 6.07) is 0. The van der Waals surface area contributed by atoms with Gasteiger partial charge in [0.25, 0.3) is 0 Å². The first-order valence-corrected chi connectivity index (χ1v) is 9.10. The largest absolute Gasteiger partial charge is 0.414 e. The van der Waals surface area contributed by atoms with Gasteiger partial charge in [0.1, 0.15) is 0 Å². The van der Waals surface area contributed by atoms with Crippen LogP contribution in [0.2, 0.25) is 18.1 Å². The van der Waals surface area contributed by atoms with Crippen molar-refractivity contribution in [3.8, 4) is 0 Å². The molecule has 0 saturated heterocycles. The molecule has 0 amide bonds. The van der Waals surface area contributed by atoms with E-state index in [0.717, 1.165) is 0 Å². The Hall–Kier alpha value is -0.163. The molecule has 0 spiro atoms. The fourth-order valence-electron chi connectivity index (χ4n) is 1.21. The van der Waals surface area contributed by atoms with Crippen LogP contribution in [0.15, 0.2) is 12.7 Å². The Morgan fingerprint density at radius 2 is 1.88 bits per heavy atom. The lowest BCUT2D eigenvalue weighted by Gasteiger charge is -2.37. The van der Waals surface area contributed by atoms with Crippen molar-refractivity contribution in [2.45, 2.75) is 51.4 Å². The van der Waals surface area contributed by atoms with E-state index in [2.05, 4.69) is 40.4 Å². The molecule has 0 rings (SSSR count). The summed E-state index contributed by atoms with van der Waals surface area (Å²) in [5, 5.41) is 19.3. The van der Waals surface area contributed by atoms with Crippen LogP contribution in [-0.4, -0.2) is 37.8 Å². The topological polar surface area (TPSA) is 49.7 Å². The van der Waals surface area contributed by atoms with Gasteiger partial charge in [-0.25, -0.2) is 0 Å². The predicted octanol–water partition coefficient (Wildman–Crippen LogP) is 2.55. The molecule has 0 aliphatic rings. The monoisotopic (exact) mass is 260 g/mol. The van der Waals surface area contributed by atoms with Crippen LogP contribution in [0.4, 0.5) is 0 Å². The van der Waals surface area contributed by atoms with Crippen LogP contribution in [0.1, 0.15) is 27.2 Å². The lowest BCUT2D eigenvalue weighted by atomic mass is 10.0. The van der Waals surface area contributed by atoms with Gasteiger partial charge in [-0.05, 0) is 24.6 Å². The highest BCUT2D eigenvalue weighted by Crippen LogP contribution is 2.36. The Kier molecular flexibility index (Phi) is 6.62. The third-order valence-corrected chi connectivity index (χ3v) is 8.17. The quantitative estimate of drug-likeness (QED) is 0.546. The fourth-order valence-corrected chi connectivity index (χ4v) is 2.23. The Morgan fingerprint density at radius 1 is 1.35 bits per heavy atom. The summed E-state index contributed by atoms with van der Waals surface area (Å²) in [7, 11) is -1.82. The molecule has 0 heterocycles. The average molecular weight is 260 g/mol. The fraction of sp³-hybridized carbons (Fsp3) is 0.846. The minimum atomic E-state index is -1.82. The SMILES string of the molecule is C=CC[C@@H](CO)[C@@H](O)CO[Si](C)(C)C(C)(C)C. The van der Waals surface area contributed by atoms with Crippen molar-refractivity contribution in [3.05, 3.63) is 12.7 Å². The van der Waals surface area contributed by atoms with Gasteiger partial charge in [0.05, 0.1) is 12.7 Å². The molecule has 0 bridgehead atoms. The van der Waals surface area contributed by atoms with Crippen LogP contribution in [0.25, 0.3) is 0 Å². The van der Waals surface area contributed by atoms with E-state index in [9.17, 15) is 5.11 Å². The van der Waals surface area contributed by atoms with Crippen molar-refractivity contribution >= 4 is 8.32 Å². The van der Waals surface area contributed by atoms with E-state index in [1.165, 1.54) is 0 Å². The molecule has 0 aliphatic carbocycles. The number of aliphatic hydroxyl groups is 2. The number of aliphatic hydroxyl groups excluding tert-OH is 2. The predicted molar refractivity (Wildman–Crippen MR) is 74.5 cm³/mol. The first-order valence-electron chi connectivity index (χ1n) is 6.19. The molecule has 17 heavy (non-hydrogen) atoms. The van der Waals surface area contributed by atoms with Gasteiger partial charge in [0.15, 0.2) is 8.32 Å². The molecule has 3 nitrogen and oxygen atoms in total. The average Bonchev–Trinajstić information content (AvgIpc) is 2.21. The van der Waals surface area contributed by atoms with Gasteiger partial charge >= 0.3 is 0 Å². The smallest absolute Gasteiger partial charge is 0.192 e. The Morgan fingerprint density at radius 3 is 2.24 bits per heavy atom. The van der Waals surface area contributed by atoms with Crippen molar-refractivity contribution in [1.82, 2.24) is 0 Å². The summed E-state index contributed by atoms with van der Waals surface area (Å²) in [6.45, 7) is 14.7. The summed E-state index contributed by atoms with van der Waals surface area (Å²) in [4.78, 5) is 0. The zero-order valence-corrected chi connectivity index (χ0v) is 12.9. The summed E-state index contributed by atoms with van der Waals surface area (Å²) >= 11 is 0. The van der Waals surface area contributed by atoms with E-state index in [0.29, 0.717) is 13.0 Å². The highest BCUT2D eigenvalue weighted by Gasteiger charge is 2.37. The van der Waals surface area contributed by atoms with Crippen LogP contribution in [0.5, 0.6) is 0 Å². The van der Waals surface area contributed by atoms with E-state index < -0.39 is 14.4 Å². The summed E-state index contributed by atoms with van der Waals surface area (Å²) in [6.07, 6.45) is 1.71. The first-order chi connectivity index (χ1) is 7.65. The van der Waals surface area contributed by atoms with Crippen LogP contribution in [-0.2, 0) is 4.43 Å². The van der Waals surface area contributed by atoms with Crippen LogP contribution < -0.4 is 0 Å². The summed E-state index contributed by atoms with van der Waals surface area (Å²) in [5.41, 5.74) is 0. The van der Waals surface area contributed by atoms with Gasteiger partial charge in [0, 0.05) is 12.5 Å². The van der Waals surface area contributed by atoms with Crippen molar-refractivity contribution in [3.63, 3.8) is 0 Å². The third-order valence-electron chi connectivity index (χ3n) is 3.67. The molecule has 4 heteroatoms. The molecule has 0 aromatic carbocycles. The van der Waals surface area contributed by atoms with Gasteiger partial charge in [-0.1, -0.05) is 26.8 Å². The molecule has 102 valence electrons. The number of allylic oxidation sites excluding steroid dienone is 1. The molecule has 0 aromatic rings. The molecule has 0 aliphatic heterocycles. The Labute approximate surface area is 107 Å². The maximum Gasteiger partial charge on any atom is 0.192 e. The van der Waals surface area contributed by atoms with Crippen molar-refractivity contribution in [2.24, 2.45) is 5.92 Å². The van der Waals surface area contributed by atoms with Gasteiger partial charge in [-0.15, -0.1) is 6.58 Å². The van der Waals surface area contributed by atoms with Crippen molar-refractivity contribution in [2.75, 3.05) is 13.2 Å². The molecule has 0 saturated carbocycles. The number of rotatable bonds is 7. The van der Waals surface area contributed by atoms with Crippen LogP contribution in [0, 0.1) is 5.92 Å². The summed E-state index contributed by atoms with van der Waals surface area (Å²) < 4.78 is 5.93. The van der Waals surface area contributed by atoms with Crippen LogP contribution in [0.3, 0.4) is 0 Å². The molecule has 2 N–H and O–H groups in total. The van der Waals surface area contributed by atoms with Gasteiger partial charge in [0.2, 0.25) is 0 Å². The first kappa shape index (κ1) is 16.8. The minimum absolute atomic E-state index is 0.0337. The third kappa shape index (κ3) is 5.34. The van der Waals surface area contributed by atoms with Crippen LogP contribution >= 0.6 is 0 Å². The lowest BCUT2D eigenvalue weighted by Crippen LogP contribution is -2.43. The molecular weight excluding hydrogens is 232 g/mol. The van der Waals surface area contributed by atoms with Gasteiger partial charge in [-0.3, -0.25) is 0 Å². The number of hydrogen-bond acceptors (Lipinski definition) is 3. The van der Waals surface area contributed by atoms with E-state index in [4.69, 9.17) is 9.53 Å². The molecule has 0 radical (unpaired) electrons. The zero-order valence-electron chi connectivity index (χ0n) is 11.9. The Bertz CT molecular complexity index is 233. The maximum atomic E-state index is 9.96. The maximum absolute atomic E-state index is 9.96. The summed E-state index contributed by atoms with van der Waals surface area (Å²) in [5.74, 6) is -0.169. The second-order valence-electron chi connectivity index (χ2n) is 6.11. The highest BCUT2D eigenvalue weighted by molar-refractivity contribution is 6.74. The molecule has 0 fully saturated rings. The van der Waals surface area contributed by atoms with Gasteiger partial charge < -0.3 is 14.6 Å².